The van der Waals surface area contributed by atoms with Gasteiger partial charge in [0.2, 0.25) is 5.91 Å². The van der Waals surface area contributed by atoms with E-state index in [4.69, 9.17) is 5.73 Å². The lowest BCUT2D eigenvalue weighted by molar-refractivity contribution is -0.119. The highest BCUT2D eigenvalue weighted by Gasteiger charge is 2.41. The van der Waals surface area contributed by atoms with Crippen LogP contribution in [-0.2, 0) is 4.79 Å². The molecular formula is C13H18N4O. The normalized spacial score (nSPS) is 31.1. The Morgan fingerprint density at radius 1 is 1.50 bits per heavy atom. The molecule has 2 fully saturated rings. The molecule has 0 spiro atoms. The van der Waals surface area contributed by atoms with E-state index >= 15 is 0 Å². The number of nitrogens with two attached hydrogens (primary N) is 1. The topological polar surface area (TPSA) is 71.2 Å². The molecule has 2 aliphatic rings. The van der Waals surface area contributed by atoms with Gasteiger partial charge in [0.15, 0.2) is 0 Å². The third kappa shape index (κ3) is 1.79. The number of aromatic nitrogens is 1. The van der Waals surface area contributed by atoms with Gasteiger partial charge in [-0.1, -0.05) is 6.92 Å². The van der Waals surface area contributed by atoms with Crippen LogP contribution in [0.15, 0.2) is 18.5 Å². The molecule has 3 heterocycles. The van der Waals surface area contributed by atoms with Crippen molar-refractivity contribution < 1.29 is 4.79 Å². The third-order valence-corrected chi connectivity index (χ3v) is 4.03. The second-order valence-corrected chi connectivity index (χ2v) is 5.37. The van der Waals surface area contributed by atoms with Crippen molar-refractivity contribution in [2.45, 2.75) is 19.4 Å². The number of nitrogens with zero attached hydrogens (tertiary/aromatic N) is 2. The first kappa shape index (κ1) is 11.3. The second-order valence-electron chi connectivity index (χ2n) is 5.37. The summed E-state index contributed by atoms with van der Waals surface area (Å²) in [5, 5.41) is 3.08. The van der Waals surface area contributed by atoms with Crippen LogP contribution in [-0.4, -0.2) is 30.0 Å². The van der Waals surface area contributed by atoms with Crippen LogP contribution < -0.4 is 16.0 Å². The minimum Gasteiger partial charge on any atom is -0.396 e. The molecule has 1 aromatic rings. The molecule has 18 heavy (non-hydrogen) atoms. The lowest BCUT2D eigenvalue weighted by Crippen LogP contribution is -2.50. The van der Waals surface area contributed by atoms with E-state index in [0.29, 0.717) is 30.0 Å². The Hall–Kier alpha value is -1.78. The van der Waals surface area contributed by atoms with E-state index in [1.807, 2.05) is 6.07 Å². The fraction of sp³-hybridized carbons (Fsp3) is 0.538. The smallest absolute Gasteiger partial charge is 0.220 e. The molecule has 5 heteroatoms. The number of amides is 1. The number of piperidine rings is 1. The van der Waals surface area contributed by atoms with Crippen LogP contribution in [0.4, 0.5) is 11.4 Å². The number of anilines is 2. The van der Waals surface area contributed by atoms with Crippen LogP contribution in [0.2, 0.25) is 0 Å². The van der Waals surface area contributed by atoms with Crippen LogP contribution in [0.25, 0.3) is 0 Å². The molecule has 1 aromatic heterocycles. The first-order valence-corrected chi connectivity index (χ1v) is 6.39. The lowest BCUT2D eigenvalue weighted by atomic mass is 9.85. The standard InChI is InChI=1S/C13H18N4O/c1-8-6-17(11-2-3-15-5-10(11)14)7-9-4-12(18)16-13(8)9/h2-3,5,8-9,13H,4,6-7,14H2,1H3,(H,16,18)/t8-,9-,13+/m1/s1. The van der Waals surface area contributed by atoms with Gasteiger partial charge in [-0.15, -0.1) is 0 Å². The Morgan fingerprint density at radius 2 is 2.33 bits per heavy atom. The number of hydrogen-bond donors (Lipinski definition) is 2. The van der Waals surface area contributed by atoms with Gasteiger partial charge in [0.25, 0.3) is 0 Å². The lowest BCUT2D eigenvalue weighted by Gasteiger charge is -2.40. The number of carbonyl (C=O) groups excluding carboxylic acids is 1. The molecule has 1 amide bonds. The van der Waals surface area contributed by atoms with E-state index in [2.05, 4.69) is 22.1 Å². The fourth-order valence-electron chi connectivity index (χ4n) is 3.22. The molecule has 0 saturated carbocycles. The van der Waals surface area contributed by atoms with E-state index in [0.717, 1.165) is 18.8 Å². The maximum Gasteiger partial charge on any atom is 0.220 e. The number of fused-ring (bicyclic) bond motifs is 1. The summed E-state index contributed by atoms with van der Waals surface area (Å²) in [4.78, 5) is 17.8. The van der Waals surface area contributed by atoms with Crippen molar-refractivity contribution in [3.8, 4) is 0 Å². The molecule has 2 aliphatic heterocycles. The Kier molecular flexibility index (Phi) is 2.61. The molecule has 0 radical (unpaired) electrons. The Morgan fingerprint density at radius 3 is 3.11 bits per heavy atom. The predicted molar refractivity (Wildman–Crippen MR) is 70.1 cm³/mol. The SMILES string of the molecule is C[C@@H]1CN(c2ccncc2N)C[C@H]2CC(=O)N[C@H]21. The number of nitrogen functional groups attached to an aromatic ring is 1. The predicted octanol–water partition coefficient (Wildman–Crippen LogP) is 0.625. The van der Waals surface area contributed by atoms with Crippen LogP contribution in [0.1, 0.15) is 13.3 Å². The van der Waals surface area contributed by atoms with Gasteiger partial charge in [-0.2, -0.15) is 0 Å². The molecule has 5 nitrogen and oxygen atoms in total. The van der Waals surface area contributed by atoms with Crippen molar-refractivity contribution in [1.82, 2.24) is 10.3 Å². The van der Waals surface area contributed by atoms with Crippen molar-refractivity contribution in [3.63, 3.8) is 0 Å². The zero-order chi connectivity index (χ0) is 12.7. The van der Waals surface area contributed by atoms with Gasteiger partial charge in [-0.25, -0.2) is 0 Å². The Balaban J connectivity index is 1.84. The molecule has 0 aliphatic carbocycles. The first-order chi connectivity index (χ1) is 8.65. The quantitative estimate of drug-likeness (QED) is 0.762. The largest absolute Gasteiger partial charge is 0.396 e. The van der Waals surface area contributed by atoms with Crippen molar-refractivity contribution in [3.05, 3.63) is 18.5 Å². The first-order valence-electron chi connectivity index (χ1n) is 6.39. The zero-order valence-corrected chi connectivity index (χ0v) is 10.5. The summed E-state index contributed by atoms with van der Waals surface area (Å²) in [6.07, 6.45) is 4.08. The summed E-state index contributed by atoms with van der Waals surface area (Å²) in [5.74, 6) is 1.03. The van der Waals surface area contributed by atoms with Gasteiger partial charge in [-0.3, -0.25) is 9.78 Å². The maximum atomic E-state index is 11.5. The van der Waals surface area contributed by atoms with Gasteiger partial charge in [0.1, 0.15) is 0 Å². The molecule has 0 aromatic carbocycles. The molecule has 3 N–H and O–H groups in total. The van der Waals surface area contributed by atoms with Crippen molar-refractivity contribution in [2.75, 3.05) is 23.7 Å². The highest BCUT2D eigenvalue weighted by molar-refractivity contribution is 5.79. The van der Waals surface area contributed by atoms with E-state index in [-0.39, 0.29) is 5.91 Å². The molecule has 96 valence electrons. The monoisotopic (exact) mass is 246 g/mol. The van der Waals surface area contributed by atoms with Crippen LogP contribution >= 0.6 is 0 Å². The average Bonchev–Trinajstić information content (AvgIpc) is 2.71. The summed E-state index contributed by atoms with van der Waals surface area (Å²) < 4.78 is 0. The van der Waals surface area contributed by atoms with E-state index < -0.39 is 0 Å². The molecule has 2 saturated heterocycles. The highest BCUT2D eigenvalue weighted by atomic mass is 16.2. The van der Waals surface area contributed by atoms with Gasteiger partial charge in [0.05, 0.1) is 17.6 Å². The molecular weight excluding hydrogens is 228 g/mol. The number of pyridine rings is 1. The number of hydrogen-bond acceptors (Lipinski definition) is 4. The maximum absolute atomic E-state index is 11.5. The minimum atomic E-state index is 0.182. The second kappa shape index (κ2) is 4.15. The van der Waals surface area contributed by atoms with Gasteiger partial charge < -0.3 is 16.0 Å². The molecule has 3 rings (SSSR count). The van der Waals surface area contributed by atoms with Gasteiger partial charge in [0, 0.05) is 37.7 Å². The van der Waals surface area contributed by atoms with E-state index in [9.17, 15) is 4.79 Å². The van der Waals surface area contributed by atoms with Gasteiger partial charge in [-0.05, 0) is 12.0 Å². The summed E-state index contributed by atoms with van der Waals surface area (Å²) in [7, 11) is 0. The number of nitrogens with one attached hydrogen (secondary N) is 1. The highest BCUT2D eigenvalue weighted by Crippen LogP contribution is 2.33. The Labute approximate surface area is 106 Å². The van der Waals surface area contributed by atoms with Crippen LogP contribution in [0.5, 0.6) is 0 Å². The number of rotatable bonds is 1. The van der Waals surface area contributed by atoms with Crippen molar-refractivity contribution >= 4 is 17.3 Å². The van der Waals surface area contributed by atoms with Crippen LogP contribution in [0, 0.1) is 11.8 Å². The van der Waals surface area contributed by atoms with E-state index in [1.165, 1.54) is 0 Å². The van der Waals surface area contributed by atoms with Crippen LogP contribution in [0.3, 0.4) is 0 Å². The van der Waals surface area contributed by atoms with Crippen molar-refractivity contribution in [2.24, 2.45) is 11.8 Å². The zero-order valence-electron chi connectivity index (χ0n) is 10.5. The summed E-state index contributed by atoms with van der Waals surface area (Å²) in [6, 6.07) is 2.28. The molecule has 3 atom stereocenters. The summed E-state index contributed by atoms with van der Waals surface area (Å²) in [5.41, 5.74) is 7.72. The summed E-state index contributed by atoms with van der Waals surface area (Å²) in [6.45, 7) is 4.00. The fourth-order valence-corrected chi connectivity index (χ4v) is 3.22. The average molecular weight is 246 g/mol. The van der Waals surface area contributed by atoms with E-state index in [1.54, 1.807) is 12.4 Å². The minimum absolute atomic E-state index is 0.182. The molecule has 0 bridgehead atoms. The Bertz CT molecular complexity index is 476. The number of carbonyl (C=O) groups is 1. The molecule has 0 unspecified atom stereocenters. The van der Waals surface area contributed by atoms with Gasteiger partial charge >= 0.3 is 0 Å². The summed E-state index contributed by atoms with van der Waals surface area (Å²) >= 11 is 0. The van der Waals surface area contributed by atoms with Crippen molar-refractivity contribution in [1.29, 1.82) is 0 Å². The third-order valence-electron chi connectivity index (χ3n) is 4.03.